The van der Waals surface area contributed by atoms with Gasteiger partial charge in [0.15, 0.2) is 5.60 Å². The molecule has 5 nitrogen and oxygen atoms in total. The van der Waals surface area contributed by atoms with Gasteiger partial charge in [-0.2, -0.15) is 0 Å². The fraction of sp³-hybridized carbons (Fsp3) is 0.500. The molecule has 5 heteroatoms. The zero-order valence-corrected chi connectivity index (χ0v) is 12.8. The van der Waals surface area contributed by atoms with Crippen LogP contribution in [0.4, 0.5) is 0 Å². The lowest BCUT2D eigenvalue weighted by Gasteiger charge is -2.40. The first-order chi connectivity index (χ1) is 9.87. The molecule has 0 radical (unpaired) electrons. The highest BCUT2D eigenvalue weighted by Gasteiger charge is 2.57. The van der Waals surface area contributed by atoms with Crippen molar-refractivity contribution in [3.8, 4) is 5.75 Å². The minimum Gasteiger partial charge on any atom is -0.497 e. The van der Waals surface area contributed by atoms with E-state index in [1.54, 1.807) is 33.1 Å². The molecular formula is C16H20O5. The van der Waals surface area contributed by atoms with Crippen molar-refractivity contribution in [3.05, 3.63) is 29.8 Å². The Hall–Kier alpha value is -2.04. The molecule has 0 N–H and O–H groups in total. The molecule has 1 aliphatic heterocycles. The Morgan fingerprint density at radius 2 is 1.86 bits per heavy atom. The Bertz CT molecular complexity index is 546. The van der Waals surface area contributed by atoms with E-state index in [0.717, 1.165) is 5.56 Å². The zero-order chi connectivity index (χ0) is 15.7. The Labute approximate surface area is 124 Å². The van der Waals surface area contributed by atoms with Gasteiger partial charge in [0.2, 0.25) is 0 Å². The van der Waals surface area contributed by atoms with E-state index in [-0.39, 0.29) is 12.4 Å². The SMILES string of the molecule is COC(=O)C(C)(C)[C@]1(c2ccc(OC)cc2)CCC(=O)O1. The number of rotatable bonds is 4. The summed E-state index contributed by atoms with van der Waals surface area (Å²) in [5, 5.41) is 0. The second kappa shape index (κ2) is 5.39. The molecule has 1 aromatic rings. The van der Waals surface area contributed by atoms with Crippen molar-refractivity contribution in [2.75, 3.05) is 14.2 Å². The van der Waals surface area contributed by atoms with E-state index in [1.807, 2.05) is 12.1 Å². The van der Waals surface area contributed by atoms with Gasteiger partial charge in [-0.3, -0.25) is 9.59 Å². The lowest BCUT2D eigenvalue weighted by molar-refractivity contribution is -0.179. The standard InChI is InChI=1S/C16H20O5/c1-15(2,14(18)20-4)16(10-9-13(17)21-16)11-5-7-12(19-3)8-6-11/h5-8H,9-10H2,1-4H3/t16-/m1/s1. The molecule has 0 bridgehead atoms. The summed E-state index contributed by atoms with van der Waals surface area (Å²) < 4.78 is 15.7. The maximum Gasteiger partial charge on any atom is 0.315 e. The molecular weight excluding hydrogens is 272 g/mol. The second-order valence-electron chi connectivity index (χ2n) is 5.65. The molecule has 0 aliphatic carbocycles. The molecule has 1 aliphatic rings. The normalized spacial score (nSPS) is 21.8. The van der Waals surface area contributed by atoms with E-state index in [2.05, 4.69) is 0 Å². The van der Waals surface area contributed by atoms with E-state index in [4.69, 9.17) is 14.2 Å². The molecule has 0 aromatic heterocycles. The Morgan fingerprint density at radius 1 is 1.24 bits per heavy atom. The van der Waals surface area contributed by atoms with Gasteiger partial charge in [0.05, 0.1) is 14.2 Å². The van der Waals surface area contributed by atoms with Gasteiger partial charge in [0.1, 0.15) is 11.2 Å². The minimum absolute atomic E-state index is 0.284. The van der Waals surface area contributed by atoms with Crippen LogP contribution in [0.25, 0.3) is 0 Å². The van der Waals surface area contributed by atoms with Crippen molar-refractivity contribution in [3.63, 3.8) is 0 Å². The Kier molecular flexibility index (Phi) is 3.94. The number of hydrogen-bond donors (Lipinski definition) is 0. The van der Waals surface area contributed by atoms with Crippen molar-refractivity contribution < 1.29 is 23.8 Å². The average molecular weight is 292 g/mol. The number of hydrogen-bond acceptors (Lipinski definition) is 5. The van der Waals surface area contributed by atoms with E-state index in [1.165, 1.54) is 7.11 Å². The van der Waals surface area contributed by atoms with Gasteiger partial charge in [-0.25, -0.2) is 0 Å². The van der Waals surface area contributed by atoms with Crippen LogP contribution in [0.15, 0.2) is 24.3 Å². The van der Waals surface area contributed by atoms with Crippen LogP contribution in [0, 0.1) is 5.41 Å². The topological polar surface area (TPSA) is 61.8 Å². The smallest absolute Gasteiger partial charge is 0.315 e. The Morgan fingerprint density at radius 3 is 2.29 bits per heavy atom. The molecule has 1 fully saturated rings. The third-order valence-electron chi connectivity index (χ3n) is 4.23. The molecule has 0 amide bonds. The summed E-state index contributed by atoms with van der Waals surface area (Å²) in [4.78, 5) is 23.9. The third kappa shape index (κ3) is 2.37. The fourth-order valence-electron chi connectivity index (χ4n) is 2.86. The van der Waals surface area contributed by atoms with Crippen LogP contribution in [0.5, 0.6) is 5.75 Å². The molecule has 0 spiro atoms. The van der Waals surface area contributed by atoms with Crippen LogP contribution in [0.1, 0.15) is 32.3 Å². The number of benzene rings is 1. The number of esters is 2. The molecule has 1 heterocycles. The molecule has 114 valence electrons. The fourth-order valence-corrected chi connectivity index (χ4v) is 2.86. The van der Waals surface area contributed by atoms with Gasteiger partial charge in [0, 0.05) is 12.8 Å². The first kappa shape index (κ1) is 15.4. The third-order valence-corrected chi connectivity index (χ3v) is 4.23. The number of ether oxygens (including phenoxy) is 3. The Balaban J connectivity index is 2.51. The average Bonchev–Trinajstić information content (AvgIpc) is 2.90. The number of cyclic esters (lactones) is 1. The van der Waals surface area contributed by atoms with E-state index < -0.39 is 17.0 Å². The van der Waals surface area contributed by atoms with Crippen molar-refractivity contribution >= 4 is 11.9 Å². The molecule has 1 aromatic carbocycles. The maximum atomic E-state index is 12.2. The summed E-state index contributed by atoms with van der Waals surface area (Å²) in [5.74, 6) is -0.00934. The van der Waals surface area contributed by atoms with Crippen molar-refractivity contribution in [1.82, 2.24) is 0 Å². The van der Waals surface area contributed by atoms with Gasteiger partial charge in [-0.15, -0.1) is 0 Å². The van der Waals surface area contributed by atoms with Crippen LogP contribution in [-0.2, 0) is 24.7 Å². The predicted octanol–water partition coefficient (Wildman–Crippen LogP) is 2.43. The van der Waals surface area contributed by atoms with Crippen molar-refractivity contribution in [2.24, 2.45) is 5.41 Å². The van der Waals surface area contributed by atoms with E-state index in [0.29, 0.717) is 12.2 Å². The highest BCUT2D eigenvalue weighted by molar-refractivity contribution is 5.81. The van der Waals surface area contributed by atoms with Gasteiger partial charge < -0.3 is 14.2 Å². The van der Waals surface area contributed by atoms with Crippen LogP contribution < -0.4 is 4.74 Å². The molecule has 2 rings (SSSR count). The van der Waals surface area contributed by atoms with Crippen LogP contribution >= 0.6 is 0 Å². The summed E-state index contributed by atoms with van der Waals surface area (Å²) in [6.07, 6.45) is 0.729. The van der Waals surface area contributed by atoms with E-state index in [9.17, 15) is 9.59 Å². The highest BCUT2D eigenvalue weighted by atomic mass is 16.6. The van der Waals surface area contributed by atoms with Crippen LogP contribution in [-0.4, -0.2) is 26.2 Å². The minimum atomic E-state index is -1.01. The monoisotopic (exact) mass is 292 g/mol. The number of carbonyl (C=O) groups is 2. The molecule has 1 atom stereocenters. The van der Waals surface area contributed by atoms with Crippen molar-refractivity contribution in [1.29, 1.82) is 0 Å². The van der Waals surface area contributed by atoms with E-state index >= 15 is 0 Å². The van der Waals surface area contributed by atoms with Gasteiger partial charge in [-0.1, -0.05) is 12.1 Å². The predicted molar refractivity (Wildman–Crippen MR) is 75.8 cm³/mol. The molecule has 1 saturated heterocycles. The van der Waals surface area contributed by atoms with Crippen LogP contribution in [0.2, 0.25) is 0 Å². The first-order valence-corrected chi connectivity index (χ1v) is 6.82. The van der Waals surface area contributed by atoms with Gasteiger partial charge in [0.25, 0.3) is 0 Å². The maximum absolute atomic E-state index is 12.2. The number of carbonyl (C=O) groups excluding carboxylic acids is 2. The summed E-state index contributed by atoms with van der Waals surface area (Å²) >= 11 is 0. The van der Waals surface area contributed by atoms with Gasteiger partial charge in [-0.05, 0) is 31.5 Å². The van der Waals surface area contributed by atoms with Gasteiger partial charge >= 0.3 is 11.9 Å². The molecule has 0 unspecified atom stereocenters. The first-order valence-electron chi connectivity index (χ1n) is 6.82. The second-order valence-corrected chi connectivity index (χ2v) is 5.65. The largest absolute Gasteiger partial charge is 0.497 e. The zero-order valence-electron chi connectivity index (χ0n) is 12.8. The lowest BCUT2D eigenvalue weighted by atomic mass is 9.69. The van der Waals surface area contributed by atoms with Crippen molar-refractivity contribution in [2.45, 2.75) is 32.3 Å². The number of methoxy groups -OCH3 is 2. The highest BCUT2D eigenvalue weighted by Crippen LogP contribution is 2.50. The summed E-state index contributed by atoms with van der Waals surface area (Å²) in [6.45, 7) is 3.48. The van der Waals surface area contributed by atoms with Crippen LogP contribution in [0.3, 0.4) is 0 Å². The molecule has 21 heavy (non-hydrogen) atoms. The lowest BCUT2D eigenvalue weighted by Crippen LogP contribution is -2.47. The summed E-state index contributed by atoms with van der Waals surface area (Å²) in [5.41, 5.74) is -1.23. The summed E-state index contributed by atoms with van der Waals surface area (Å²) in [6, 6.07) is 7.22. The summed E-state index contributed by atoms with van der Waals surface area (Å²) in [7, 11) is 2.92. The quantitative estimate of drug-likeness (QED) is 0.798. The molecule has 0 saturated carbocycles.